The number of hydrogen-bond donors (Lipinski definition) is 1. The number of carbonyl (C=O) groups excluding carboxylic acids is 2. The first-order valence-electron chi connectivity index (χ1n) is 10.8. The molecule has 4 rings (SSSR count). The summed E-state index contributed by atoms with van der Waals surface area (Å²) in [7, 11) is 0. The maximum atomic E-state index is 14.0. The van der Waals surface area contributed by atoms with E-state index >= 15 is 0 Å². The number of amides is 1. The number of Topliss-reactive ketones (excluding diaryl/α,β-unsaturated/α-hetero) is 1. The van der Waals surface area contributed by atoms with Crippen molar-refractivity contribution in [1.82, 2.24) is 14.9 Å². The van der Waals surface area contributed by atoms with E-state index in [9.17, 15) is 22.8 Å². The standard InChI is InChI=1S/C23H25F3N4O2/c24-17-11-19(26)18(25)9-13(17)10-20(27)14-7-15-1-2-16(8-14)30(15)23(32)4-3-22(31)21-12-28-5-6-29-21/h5-6,9,11-12,14-16,20H,1-4,7-8,10,27H2/t14?,15-,16+,20-/m1/s1. The maximum Gasteiger partial charge on any atom is 0.223 e. The van der Waals surface area contributed by atoms with Crippen LogP contribution in [0, 0.1) is 23.4 Å². The lowest BCUT2D eigenvalue weighted by molar-refractivity contribution is -0.136. The highest BCUT2D eigenvalue weighted by Gasteiger charge is 2.44. The Bertz CT molecular complexity index is 990. The summed E-state index contributed by atoms with van der Waals surface area (Å²) >= 11 is 0. The van der Waals surface area contributed by atoms with E-state index in [0.717, 1.165) is 18.9 Å². The first-order chi connectivity index (χ1) is 15.3. The predicted octanol–water partition coefficient (Wildman–Crippen LogP) is 3.20. The van der Waals surface area contributed by atoms with Crippen LogP contribution in [0.3, 0.4) is 0 Å². The predicted molar refractivity (Wildman–Crippen MR) is 110 cm³/mol. The minimum absolute atomic E-state index is 0.0266. The fourth-order valence-electron chi connectivity index (χ4n) is 5.04. The summed E-state index contributed by atoms with van der Waals surface area (Å²) in [6.45, 7) is 0. The third kappa shape index (κ3) is 4.67. The molecule has 170 valence electrons. The molecule has 0 saturated carbocycles. The van der Waals surface area contributed by atoms with Gasteiger partial charge < -0.3 is 10.6 Å². The van der Waals surface area contributed by atoms with Crippen molar-refractivity contribution in [3.8, 4) is 0 Å². The van der Waals surface area contributed by atoms with E-state index in [2.05, 4.69) is 9.97 Å². The molecule has 0 aliphatic carbocycles. The summed E-state index contributed by atoms with van der Waals surface area (Å²) in [5.74, 6) is -3.35. The third-order valence-electron chi connectivity index (χ3n) is 6.62. The topological polar surface area (TPSA) is 89.2 Å². The Morgan fingerprint density at radius 3 is 2.38 bits per heavy atom. The zero-order valence-corrected chi connectivity index (χ0v) is 17.5. The van der Waals surface area contributed by atoms with Crippen molar-refractivity contribution in [3.63, 3.8) is 0 Å². The molecule has 0 spiro atoms. The number of halogens is 3. The SMILES string of the molecule is N[C@H](Cc1cc(F)c(F)cc1F)C1C[C@H]2CC[C@@H](C1)N2C(=O)CCC(=O)c1cnccn1. The summed E-state index contributed by atoms with van der Waals surface area (Å²) in [6.07, 6.45) is 7.66. The largest absolute Gasteiger partial charge is 0.337 e. The summed E-state index contributed by atoms with van der Waals surface area (Å²) in [5.41, 5.74) is 6.64. The van der Waals surface area contributed by atoms with Crippen LogP contribution in [0.2, 0.25) is 0 Å². The fraction of sp³-hybridized carbons (Fsp3) is 0.478. The van der Waals surface area contributed by atoms with Gasteiger partial charge in [0.15, 0.2) is 17.4 Å². The number of nitrogens with zero attached hydrogens (tertiary/aromatic N) is 3. The summed E-state index contributed by atoms with van der Waals surface area (Å²) in [5, 5.41) is 0. The molecule has 0 radical (unpaired) electrons. The van der Waals surface area contributed by atoms with Crippen LogP contribution in [-0.2, 0) is 11.2 Å². The zero-order valence-electron chi connectivity index (χ0n) is 17.5. The summed E-state index contributed by atoms with van der Waals surface area (Å²) < 4.78 is 40.7. The molecule has 9 heteroatoms. The molecule has 4 atom stereocenters. The number of fused-ring (bicyclic) bond motifs is 2. The molecule has 2 fully saturated rings. The summed E-state index contributed by atoms with van der Waals surface area (Å²) in [6, 6.07) is 1.04. The highest BCUT2D eigenvalue weighted by atomic mass is 19.2. The van der Waals surface area contributed by atoms with Crippen LogP contribution in [0.4, 0.5) is 13.2 Å². The van der Waals surface area contributed by atoms with Crippen molar-refractivity contribution in [3.05, 3.63) is 59.4 Å². The van der Waals surface area contributed by atoms with Crippen molar-refractivity contribution in [2.45, 2.75) is 63.1 Å². The van der Waals surface area contributed by atoms with Crippen LogP contribution in [0.25, 0.3) is 0 Å². The molecule has 1 unspecified atom stereocenters. The minimum Gasteiger partial charge on any atom is -0.337 e. The molecule has 2 aliphatic heterocycles. The molecule has 1 aromatic heterocycles. The number of aromatic nitrogens is 2. The Balaban J connectivity index is 1.34. The molecular formula is C23H25F3N4O2. The molecule has 2 bridgehead atoms. The average Bonchev–Trinajstić information content (AvgIpc) is 3.05. The molecule has 2 N–H and O–H groups in total. The van der Waals surface area contributed by atoms with Gasteiger partial charge in [0, 0.05) is 49.4 Å². The number of piperidine rings is 1. The van der Waals surface area contributed by atoms with Gasteiger partial charge >= 0.3 is 0 Å². The van der Waals surface area contributed by atoms with Crippen molar-refractivity contribution in [2.75, 3.05) is 0 Å². The molecule has 3 heterocycles. The van der Waals surface area contributed by atoms with Crippen molar-refractivity contribution in [2.24, 2.45) is 11.7 Å². The van der Waals surface area contributed by atoms with Gasteiger partial charge in [-0.3, -0.25) is 14.6 Å². The first-order valence-corrected chi connectivity index (χ1v) is 10.8. The van der Waals surface area contributed by atoms with Gasteiger partial charge in [0.05, 0.1) is 6.20 Å². The monoisotopic (exact) mass is 446 g/mol. The van der Waals surface area contributed by atoms with Crippen LogP contribution in [0.5, 0.6) is 0 Å². The normalized spacial score (nSPS) is 23.2. The number of hydrogen-bond acceptors (Lipinski definition) is 5. The van der Waals surface area contributed by atoms with Crippen LogP contribution in [0.1, 0.15) is 54.6 Å². The van der Waals surface area contributed by atoms with Gasteiger partial charge in [0.2, 0.25) is 5.91 Å². The van der Waals surface area contributed by atoms with Crippen LogP contribution < -0.4 is 5.73 Å². The van der Waals surface area contributed by atoms with E-state index in [1.807, 2.05) is 4.90 Å². The Kier molecular flexibility index (Phi) is 6.55. The second-order valence-corrected chi connectivity index (χ2v) is 8.66. The van der Waals surface area contributed by atoms with Gasteiger partial charge in [-0.1, -0.05) is 0 Å². The molecule has 1 amide bonds. The van der Waals surface area contributed by atoms with Crippen molar-refractivity contribution >= 4 is 11.7 Å². The zero-order chi connectivity index (χ0) is 22.8. The first kappa shape index (κ1) is 22.4. The highest BCUT2D eigenvalue weighted by molar-refractivity contribution is 5.96. The number of carbonyl (C=O) groups is 2. The van der Waals surface area contributed by atoms with Crippen molar-refractivity contribution < 1.29 is 22.8 Å². The van der Waals surface area contributed by atoms with E-state index < -0.39 is 23.5 Å². The Hall–Kier alpha value is -2.81. The number of nitrogens with two attached hydrogens (primary N) is 1. The second-order valence-electron chi connectivity index (χ2n) is 8.66. The molecule has 2 aromatic rings. The van der Waals surface area contributed by atoms with E-state index in [0.29, 0.717) is 18.9 Å². The Labute approximate surface area is 184 Å². The lowest BCUT2D eigenvalue weighted by atomic mass is 9.82. The molecule has 32 heavy (non-hydrogen) atoms. The van der Waals surface area contributed by atoms with Gasteiger partial charge in [-0.15, -0.1) is 0 Å². The molecule has 6 nitrogen and oxygen atoms in total. The molecular weight excluding hydrogens is 421 g/mol. The number of rotatable bonds is 7. The van der Waals surface area contributed by atoms with E-state index in [-0.39, 0.29) is 60.2 Å². The summed E-state index contributed by atoms with van der Waals surface area (Å²) in [4.78, 5) is 34.8. The number of ketones is 1. The van der Waals surface area contributed by atoms with E-state index in [4.69, 9.17) is 5.73 Å². The van der Waals surface area contributed by atoms with Gasteiger partial charge in [-0.2, -0.15) is 0 Å². The molecule has 2 saturated heterocycles. The van der Waals surface area contributed by atoms with Gasteiger partial charge in [-0.05, 0) is 49.7 Å². The second kappa shape index (κ2) is 9.36. The molecule has 1 aromatic carbocycles. The van der Waals surface area contributed by atoms with Crippen LogP contribution in [-0.4, -0.2) is 44.7 Å². The third-order valence-corrected chi connectivity index (χ3v) is 6.62. The van der Waals surface area contributed by atoms with Crippen LogP contribution >= 0.6 is 0 Å². The van der Waals surface area contributed by atoms with Gasteiger partial charge in [0.25, 0.3) is 0 Å². The van der Waals surface area contributed by atoms with Gasteiger partial charge in [0.1, 0.15) is 11.5 Å². The fourth-order valence-corrected chi connectivity index (χ4v) is 5.04. The minimum atomic E-state index is -1.22. The Morgan fingerprint density at radius 2 is 1.72 bits per heavy atom. The number of benzene rings is 1. The maximum absolute atomic E-state index is 14.0. The van der Waals surface area contributed by atoms with Crippen molar-refractivity contribution in [1.29, 1.82) is 0 Å². The quantitative estimate of drug-likeness (QED) is 0.521. The lowest BCUT2D eigenvalue weighted by Gasteiger charge is -2.41. The van der Waals surface area contributed by atoms with E-state index in [1.54, 1.807) is 0 Å². The van der Waals surface area contributed by atoms with Gasteiger partial charge in [-0.25, -0.2) is 18.2 Å². The highest BCUT2D eigenvalue weighted by Crippen LogP contribution is 2.40. The van der Waals surface area contributed by atoms with E-state index in [1.165, 1.54) is 18.6 Å². The Morgan fingerprint density at radius 1 is 1.03 bits per heavy atom. The average molecular weight is 446 g/mol. The lowest BCUT2D eigenvalue weighted by Crippen LogP contribution is -2.50. The van der Waals surface area contributed by atoms with Crippen LogP contribution in [0.15, 0.2) is 30.7 Å². The smallest absolute Gasteiger partial charge is 0.223 e. The molecule has 2 aliphatic rings.